The number of hydrogen-bond acceptors (Lipinski definition) is 4. The third-order valence-corrected chi connectivity index (χ3v) is 3.22. The molecule has 0 aliphatic carbocycles. The summed E-state index contributed by atoms with van der Waals surface area (Å²) in [6.07, 6.45) is 2.69. The van der Waals surface area contributed by atoms with Crippen LogP contribution in [0.4, 0.5) is 0 Å². The van der Waals surface area contributed by atoms with Gasteiger partial charge in [-0.3, -0.25) is 0 Å². The number of pyridine rings is 1. The maximum Gasteiger partial charge on any atom is 0.213 e. The Morgan fingerprint density at radius 2 is 1.90 bits per heavy atom. The van der Waals surface area contributed by atoms with Crippen LogP contribution in [0.3, 0.4) is 0 Å². The van der Waals surface area contributed by atoms with Crippen molar-refractivity contribution in [3.8, 4) is 5.88 Å². The van der Waals surface area contributed by atoms with Crippen LogP contribution in [0.5, 0.6) is 5.88 Å². The SMILES string of the molecule is COc1cccc(C(C)Cc2ccnc(C(C)C)n2)n1. The summed E-state index contributed by atoms with van der Waals surface area (Å²) < 4.78 is 5.17. The number of rotatable bonds is 5. The van der Waals surface area contributed by atoms with Crippen molar-refractivity contribution in [3.63, 3.8) is 0 Å². The topological polar surface area (TPSA) is 47.9 Å². The minimum absolute atomic E-state index is 0.292. The molecule has 0 amide bonds. The van der Waals surface area contributed by atoms with Crippen LogP contribution >= 0.6 is 0 Å². The average molecular weight is 271 g/mol. The van der Waals surface area contributed by atoms with E-state index in [1.165, 1.54) is 0 Å². The highest BCUT2D eigenvalue weighted by Crippen LogP contribution is 2.20. The standard InChI is InChI=1S/C16H21N3O/c1-11(2)16-17-9-8-13(18-16)10-12(3)14-6-5-7-15(19-14)20-4/h5-9,11-12H,10H2,1-4H3. The molecule has 2 aromatic rings. The normalized spacial score (nSPS) is 12.4. The molecule has 0 radical (unpaired) electrons. The van der Waals surface area contributed by atoms with E-state index in [9.17, 15) is 0 Å². The predicted molar refractivity (Wildman–Crippen MR) is 79.0 cm³/mol. The second kappa shape index (κ2) is 6.46. The number of aromatic nitrogens is 3. The van der Waals surface area contributed by atoms with Crippen molar-refractivity contribution < 1.29 is 4.74 Å². The molecule has 106 valence electrons. The Labute approximate surface area is 120 Å². The van der Waals surface area contributed by atoms with E-state index in [2.05, 4.69) is 35.7 Å². The predicted octanol–water partition coefficient (Wildman–Crippen LogP) is 3.35. The monoisotopic (exact) mass is 271 g/mol. The van der Waals surface area contributed by atoms with Gasteiger partial charge in [0.05, 0.1) is 7.11 Å². The van der Waals surface area contributed by atoms with E-state index in [4.69, 9.17) is 4.74 Å². The Kier molecular flexibility index (Phi) is 4.66. The summed E-state index contributed by atoms with van der Waals surface area (Å²) in [5.74, 6) is 2.19. The Morgan fingerprint density at radius 3 is 2.60 bits per heavy atom. The lowest BCUT2D eigenvalue weighted by Crippen LogP contribution is -2.06. The molecule has 0 aliphatic heterocycles. The maximum absolute atomic E-state index is 5.17. The van der Waals surface area contributed by atoms with E-state index < -0.39 is 0 Å². The third kappa shape index (κ3) is 3.53. The van der Waals surface area contributed by atoms with Crippen LogP contribution in [-0.4, -0.2) is 22.1 Å². The molecule has 0 aliphatic rings. The van der Waals surface area contributed by atoms with E-state index in [0.717, 1.165) is 23.6 Å². The van der Waals surface area contributed by atoms with Crippen molar-refractivity contribution in [2.24, 2.45) is 0 Å². The first kappa shape index (κ1) is 14.4. The lowest BCUT2D eigenvalue weighted by Gasteiger charge is -2.12. The van der Waals surface area contributed by atoms with Gasteiger partial charge < -0.3 is 4.74 Å². The highest BCUT2D eigenvalue weighted by Gasteiger charge is 2.11. The third-order valence-electron chi connectivity index (χ3n) is 3.22. The summed E-state index contributed by atoms with van der Waals surface area (Å²) >= 11 is 0. The molecule has 2 aromatic heterocycles. The van der Waals surface area contributed by atoms with Crippen LogP contribution in [0, 0.1) is 0 Å². The summed E-state index contributed by atoms with van der Waals surface area (Å²) in [5.41, 5.74) is 2.08. The Hall–Kier alpha value is -1.97. The van der Waals surface area contributed by atoms with Crippen molar-refractivity contribution >= 4 is 0 Å². The summed E-state index contributed by atoms with van der Waals surface area (Å²) in [4.78, 5) is 13.4. The molecule has 0 spiro atoms. The molecule has 0 aromatic carbocycles. The van der Waals surface area contributed by atoms with E-state index in [-0.39, 0.29) is 0 Å². The van der Waals surface area contributed by atoms with Gasteiger partial charge in [-0.1, -0.05) is 26.8 Å². The first-order chi connectivity index (χ1) is 9.60. The molecule has 0 saturated carbocycles. The van der Waals surface area contributed by atoms with Gasteiger partial charge >= 0.3 is 0 Å². The van der Waals surface area contributed by atoms with Gasteiger partial charge in [-0.2, -0.15) is 0 Å². The number of ether oxygens (including phenoxy) is 1. The fourth-order valence-electron chi connectivity index (χ4n) is 2.04. The zero-order valence-corrected chi connectivity index (χ0v) is 12.5. The number of hydrogen-bond donors (Lipinski definition) is 0. The van der Waals surface area contributed by atoms with E-state index >= 15 is 0 Å². The summed E-state index contributed by atoms with van der Waals surface area (Å²) in [6.45, 7) is 6.36. The quantitative estimate of drug-likeness (QED) is 0.836. The molecule has 0 bridgehead atoms. The second-order valence-electron chi connectivity index (χ2n) is 5.27. The molecule has 4 nitrogen and oxygen atoms in total. The number of nitrogens with zero attached hydrogens (tertiary/aromatic N) is 3. The molecule has 0 fully saturated rings. The van der Waals surface area contributed by atoms with Crippen LogP contribution < -0.4 is 4.74 Å². The van der Waals surface area contributed by atoms with Crippen molar-refractivity contribution in [2.75, 3.05) is 7.11 Å². The molecular weight excluding hydrogens is 250 g/mol. The first-order valence-electron chi connectivity index (χ1n) is 6.93. The fourth-order valence-corrected chi connectivity index (χ4v) is 2.04. The van der Waals surface area contributed by atoms with Gasteiger partial charge in [-0.15, -0.1) is 0 Å². The zero-order valence-electron chi connectivity index (χ0n) is 12.5. The zero-order chi connectivity index (χ0) is 14.5. The van der Waals surface area contributed by atoms with Crippen LogP contribution in [0.1, 0.15) is 49.8 Å². The van der Waals surface area contributed by atoms with Gasteiger partial charge in [0.1, 0.15) is 5.82 Å². The Bertz CT molecular complexity index is 569. The van der Waals surface area contributed by atoms with Crippen molar-refractivity contribution in [2.45, 2.75) is 39.0 Å². The van der Waals surface area contributed by atoms with Gasteiger partial charge in [0, 0.05) is 35.5 Å². The molecule has 20 heavy (non-hydrogen) atoms. The summed E-state index contributed by atoms with van der Waals surface area (Å²) in [7, 11) is 1.64. The molecule has 0 N–H and O–H groups in total. The average Bonchev–Trinajstić information content (AvgIpc) is 2.47. The molecule has 1 unspecified atom stereocenters. The molecule has 1 atom stereocenters. The van der Waals surface area contributed by atoms with Gasteiger partial charge in [0.25, 0.3) is 0 Å². The Morgan fingerprint density at radius 1 is 1.10 bits per heavy atom. The van der Waals surface area contributed by atoms with Crippen molar-refractivity contribution in [3.05, 3.63) is 47.7 Å². The highest BCUT2D eigenvalue weighted by molar-refractivity contribution is 5.20. The summed E-state index contributed by atoms with van der Waals surface area (Å²) in [6, 6.07) is 7.83. The minimum Gasteiger partial charge on any atom is -0.481 e. The van der Waals surface area contributed by atoms with Crippen molar-refractivity contribution in [1.82, 2.24) is 15.0 Å². The molecule has 0 saturated heterocycles. The van der Waals surface area contributed by atoms with Crippen LogP contribution in [-0.2, 0) is 6.42 Å². The first-order valence-corrected chi connectivity index (χ1v) is 6.93. The highest BCUT2D eigenvalue weighted by atomic mass is 16.5. The van der Waals surface area contributed by atoms with Gasteiger partial charge in [-0.05, 0) is 18.6 Å². The smallest absolute Gasteiger partial charge is 0.213 e. The van der Waals surface area contributed by atoms with Crippen molar-refractivity contribution in [1.29, 1.82) is 0 Å². The maximum atomic E-state index is 5.17. The largest absolute Gasteiger partial charge is 0.481 e. The van der Waals surface area contributed by atoms with E-state index in [1.807, 2.05) is 30.5 Å². The minimum atomic E-state index is 0.292. The van der Waals surface area contributed by atoms with E-state index in [1.54, 1.807) is 7.11 Å². The lowest BCUT2D eigenvalue weighted by atomic mass is 10.0. The molecule has 4 heteroatoms. The lowest BCUT2D eigenvalue weighted by molar-refractivity contribution is 0.395. The molecule has 2 heterocycles. The van der Waals surface area contributed by atoms with Gasteiger partial charge in [0.2, 0.25) is 5.88 Å². The van der Waals surface area contributed by atoms with Crippen LogP contribution in [0.25, 0.3) is 0 Å². The second-order valence-corrected chi connectivity index (χ2v) is 5.27. The van der Waals surface area contributed by atoms with Gasteiger partial charge in [0.15, 0.2) is 0 Å². The molecule has 2 rings (SSSR count). The van der Waals surface area contributed by atoms with Crippen LogP contribution in [0.15, 0.2) is 30.5 Å². The summed E-state index contributed by atoms with van der Waals surface area (Å²) in [5, 5.41) is 0. The Balaban J connectivity index is 2.14. The molecular formula is C16H21N3O. The van der Waals surface area contributed by atoms with E-state index in [0.29, 0.717) is 17.7 Å². The number of methoxy groups -OCH3 is 1. The van der Waals surface area contributed by atoms with Crippen LogP contribution in [0.2, 0.25) is 0 Å². The fraction of sp³-hybridized carbons (Fsp3) is 0.438. The van der Waals surface area contributed by atoms with Gasteiger partial charge in [-0.25, -0.2) is 15.0 Å².